The highest BCUT2D eigenvalue weighted by molar-refractivity contribution is 9.08. The smallest absolute Gasteiger partial charge is 0.142 e. The summed E-state index contributed by atoms with van der Waals surface area (Å²) in [5.74, 6) is 0.937. The lowest BCUT2D eigenvalue weighted by Crippen LogP contribution is -2.09. The van der Waals surface area contributed by atoms with Gasteiger partial charge in [-0.1, -0.05) is 41.9 Å². The molecule has 2 nitrogen and oxygen atoms in total. The van der Waals surface area contributed by atoms with Crippen molar-refractivity contribution >= 4 is 15.9 Å². The number of hydrogen-bond donors (Lipinski definition) is 0. The maximum atomic E-state index is 5.14. The van der Waals surface area contributed by atoms with Crippen LogP contribution in [-0.2, 0) is 10.7 Å². The molecule has 62 valence electrons. The lowest BCUT2D eigenvalue weighted by molar-refractivity contribution is 0.327. The standard InChI is InChI=1S/C8H12BrNO/c1-8(2,3)7-4-6(5-9)10-11-7/h4H,5H2,1-3H3. The van der Waals surface area contributed by atoms with Gasteiger partial charge in [0.1, 0.15) is 5.76 Å². The van der Waals surface area contributed by atoms with Crippen molar-refractivity contribution in [1.82, 2.24) is 5.16 Å². The summed E-state index contributed by atoms with van der Waals surface area (Å²) in [6, 6.07) is 1.98. The molecule has 0 amide bonds. The second-order valence-electron chi connectivity index (χ2n) is 3.57. The van der Waals surface area contributed by atoms with Gasteiger partial charge in [-0.3, -0.25) is 0 Å². The highest BCUT2D eigenvalue weighted by Gasteiger charge is 2.18. The molecule has 1 aromatic rings. The highest BCUT2D eigenvalue weighted by atomic mass is 79.9. The van der Waals surface area contributed by atoms with Crippen LogP contribution in [0, 0.1) is 0 Å². The summed E-state index contributed by atoms with van der Waals surface area (Å²) in [6.07, 6.45) is 0. The Hall–Kier alpha value is -0.310. The van der Waals surface area contributed by atoms with Crippen molar-refractivity contribution in [2.45, 2.75) is 31.5 Å². The molecule has 0 unspecified atom stereocenters. The summed E-state index contributed by atoms with van der Waals surface area (Å²) in [5, 5.41) is 4.64. The maximum absolute atomic E-state index is 5.14. The molecule has 0 saturated carbocycles. The monoisotopic (exact) mass is 217 g/mol. The molecule has 0 aliphatic carbocycles. The predicted octanol–water partition coefficient (Wildman–Crippen LogP) is 2.87. The number of alkyl halides is 1. The fourth-order valence-corrected chi connectivity index (χ4v) is 0.992. The van der Waals surface area contributed by atoms with Crippen LogP contribution in [0.2, 0.25) is 0 Å². The van der Waals surface area contributed by atoms with Gasteiger partial charge >= 0.3 is 0 Å². The van der Waals surface area contributed by atoms with Crippen molar-refractivity contribution in [2.75, 3.05) is 0 Å². The van der Waals surface area contributed by atoms with E-state index in [1.54, 1.807) is 0 Å². The molecule has 0 aliphatic heterocycles. The minimum absolute atomic E-state index is 0.0629. The van der Waals surface area contributed by atoms with Crippen LogP contribution in [0.15, 0.2) is 10.6 Å². The van der Waals surface area contributed by atoms with Gasteiger partial charge in [0.05, 0.1) is 5.69 Å². The van der Waals surface area contributed by atoms with Crippen molar-refractivity contribution in [2.24, 2.45) is 0 Å². The summed E-state index contributed by atoms with van der Waals surface area (Å²) >= 11 is 3.32. The van der Waals surface area contributed by atoms with Gasteiger partial charge in [-0.25, -0.2) is 0 Å². The highest BCUT2D eigenvalue weighted by Crippen LogP contribution is 2.23. The molecule has 0 aromatic carbocycles. The van der Waals surface area contributed by atoms with E-state index in [9.17, 15) is 0 Å². The largest absolute Gasteiger partial charge is 0.361 e. The zero-order valence-electron chi connectivity index (χ0n) is 7.02. The molecule has 0 atom stereocenters. The molecule has 0 spiro atoms. The topological polar surface area (TPSA) is 26.0 Å². The van der Waals surface area contributed by atoms with Crippen LogP contribution in [0.25, 0.3) is 0 Å². The zero-order chi connectivity index (χ0) is 8.48. The normalized spacial score (nSPS) is 12.0. The first-order valence-corrected chi connectivity index (χ1v) is 4.68. The summed E-state index contributed by atoms with van der Waals surface area (Å²) in [6.45, 7) is 6.31. The van der Waals surface area contributed by atoms with E-state index < -0.39 is 0 Å². The third kappa shape index (κ3) is 2.06. The average Bonchev–Trinajstić information content (AvgIpc) is 2.32. The first kappa shape index (κ1) is 8.78. The summed E-state index contributed by atoms with van der Waals surface area (Å²) in [5.41, 5.74) is 1.02. The number of nitrogens with zero attached hydrogens (tertiary/aromatic N) is 1. The van der Waals surface area contributed by atoms with Crippen molar-refractivity contribution < 1.29 is 4.52 Å². The fraction of sp³-hybridized carbons (Fsp3) is 0.625. The number of rotatable bonds is 1. The Balaban J connectivity index is 2.89. The van der Waals surface area contributed by atoms with Gasteiger partial charge in [0, 0.05) is 16.8 Å². The molecule has 0 fully saturated rings. The van der Waals surface area contributed by atoms with Crippen LogP contribution in [0.5, 0.6) is 0 Å². The van der Waals surface area contributed by atoms with Crippen LogP contribution in [0.3, 0.4) is 0 Å². The Kier molecular flexibility index (Phi) is 2.37. The molecule has 0 N–H and O–H groups in total. The van der Waals surface area contributed by atoms with Crippen molar-refractivity contribution in [3.05, 3.63) is 17.5 Å². The quantitative estimate of drug-likeness (QED) is 0.677. The van der Waals surface area contributed by atoms with Gasteiger partial charge in [-0.05, 0) is 0 Å². The Morgan fingerprint density at radius 2 is 2.18 bits per heavy atom. The van der Waals surface area contributed by atoms with E-state index in [0.717, 1.165) is 16.8 Å². The Bertz CT molecular complexity index is 236. The summed E-state index contributed by atoms with van der Waals surface area (Å²) in [7, 11) is 0. The second-order valence-corrected chi connectivity index (χ2v) is 4.13. The van der Waals surface area contributed by atoms with E-state index in [1.807, 2.05) is 6.07 Å². The summed E-state index contributed by atoms with van der Waals surface area (Å²) < 4.78 is 5.14. The Labute approximate surface area is 75.1 Å². The molecule has 0 radical (unpaired) electrons. The number of hydrogen-bond acceptors (Lipinski definition) is 2. The lowest BCUT2D eigenvalue weighted by Gasteiger charge is -2.12. The van der Waals surface area contributed by atoms with Gasteiger partial charge in [-0.2, -0.15) is 0 Å². The first-order chi connectivity index (χ1) is 5.04. The van der Waals surface area contributed by atoms with Crippen LogP contribution in [0.4, 0.5) is 0 Å². The molecule has 0 bridgehead atoms. The van der Waals surface area contributed by atoms with Gasteiger partial charge in [0.2, 0.25) is 0 Å². The molecular weight excluding hydrogens is 206 g/mol. The van der Waals surface area contributed by atoms with Crippen LogP contribution < -0.4 is 0 Å². The van der Waals surface area contributed by atoms with Crippen LogP contribution >= 0.6 is 15.9 Å². The van der Waals surface area contributed by atoms with Gasteiger partial charge in [-0.15, -0.1) is 0 Å². The Morgan fingerprint density at radius 3 is 2.45 bits per heavy atom. The molecule has 3 heteroatoms. The van der Waals surface area contributed by atoms with E-state index in [4.69, 9.17) is 4.52 Å². The molecule has 1 rings (SSSR count). The van der Waals surface area contributed by atoms with Crippen molar-refractivity contribution in [1.29, 1.82) is 0 Å². The summed E-state index contributed by atoms with van der Waals surface area (Å²) in [4.78, 5) is 0. The molecule has 1 aromatic heterocycles. The zero-order valence-corrected chi connectivity index (χ0v) is 8.60. The van der Waals surface area contributed by atoms with E-state index in [-0.39, 0.29) is 5.41 Å². The maximum Gasteiger partial charge on any atom is 0.142 e. The minimum atomic E-state index is 0.0629. The van der Waals surface area contributed by atoms with Crippen LogP contribution in [0.1, 0.15) is 32.2 Å². The first-order valence-electron chi connectivity index (χ1n) is 3.56. The van der Waals surface area contributed by atoms with Gasteiger partial charge in [0.25, 0.3) is 0 Å². The third-order valence-corrected chi connectivity index (χ3v) is 2.01. The van der Waals surface area contributed by atoms with Crippen molar-refractivity contribution in [3.63, 3.8) is 0 Å². The van der Waals surface area contributed by atoms with Crippen molar-refractivity contribution in [3.8, 4) is 0 Å². The van der Waals surface area contributed by atoms with E-state index in [1.165, 1.54) is 0 Å². The van der Waals surface area contributed by atoms with E-state index >= 15 is 0 Å². The van der Waals surface area contributed by atoms with E-state index in [0.29, 0.717) is 0 Å². The predicted molar refractivity (Wildman–Crippen MR) is 47.8 cm³/mol. The van der Waals surface area contributed by atoms with E-state index in [2.05, 4.69) is 41.9 Å². The molecule has 0 aliphatic rings. The van der Waals surface area contributed by atoms with Gasteiger partial charge in [0.15, 0.2) is 0 Å². The average molecular weight is 218 g/mol. The van der Waals surface area contributed by atoms with Gasteiger partial charge < -0.3 is 4.52 Å². The third-order valence-electron chi connectivity index (χ3n) is 1.44. The minimum Gasteiger partial charge on any atom is -0.361 e. The lowest BCUT2D eigenvalue weighted by atomic mass is 9.93. The van der Waals surface area contributed by atoms with Crippen LogP contribution in [-0.4, -0.2) is 5.16 Å². The second kappa shape index (κ2) is 2.97. The molecule has 1 heterocycles. The number of aromatic nitrogens is 1. The Morgan fingerprint density at radius 1 is 1.55 bits per heavy atom. The fourth-order valence-electron chi connectivity index (χ4n) is 0.728. The molecular formula is C8H12BrNO. The SMILES string of the molecule is CC(C)(C)c1cc(CBr)no1. The number of halogens is 1. The molecule has 11 heavy (non-hydrogen) atoms. The molecule has 0 saturated heterocycles.